The lowest BCUT2D eigenvalue weighted by Gasteiger charge is -2.05. The molecule has 9 heteroatoms. The molecule has 8 nitrogen and oxygen atoms in total. The zero-order valence-corrected chi connectivity index (χ0v) is 13.3. The molecule has 3 heterocycles. The lowest BCUT2D eigenvalue weighted by molar-refractivity contribution is 0.449. The number of para-hydroxylation sites is 1. The quantitative estimate of drug-likeness (QED) is 0.525. The van der Waals surface area contributed by atoms with Crippen molar-refractivity contribution in [3.63, 3.8) is 0 Å². The maximum atomic E-state index is 9.96. The van der Waals surface area contributed by atoms with Crippen LogP contribution in [0.25, 0.3) is 26.9 Å². The summed E-state index contributed by atoms with van der Waals surface area (Å²) < 4.78 is 1.59. The molecule has 0 aliphatic heterocycles. The van der Waals surface area contributed by atoms with Crippen LogP contribution in [0.5, 0.6) is 11.5 Å². The molecule has 4 rings (SSSR count). The summed E-state index contributed by atoms with van der Waals surface area (Å²) in [6, 6.07) is 7.69. The molecule has 4 aromatic rings. The molecule has 0 unspecified atom stereocenters. The molecule has 0 radical (unpaired) electrons. The molecule has 0 spiro atoms. The second kappa shape index (κ2) is 5.46. The van der Waals surface area contributed by atoms with Crippen LogP contribution < -0.4 is 5.32 Å². The minimum Gasteiger partial charge on any atom is -0.505 e. The molecule has 0 amide bonds. The van der Waals surface area contributed by atoms with Gasteiger partial charge < -0.3 is 15.5 Å². The summed E-state index contributed by atoms with van der Waals surface area (Å²) in [5.74, 6) is 0.291. The third kappa shape index (κ3) is 2.14. The number of nitrogens with zero attached hydrogens (tertiary/aromatic N) is 5. The molecule has 1 aromatic carbocycles. The zero-order chi connectivity index (χ0) is 16.7. The third-order valence-corrected chi connectivity index (χ3v) is 4.46. The molecule has 0 bridgehead atoms. The van der Waals surface area contributed by atoms with Gasteiger partial charge in [-0.1, -0.05) is 23.5 Å². The summed E-state index contributed by atoms with van der Waals surface area (Å²) in [4.78, 5) is 4.29. The normalized spacial score (nSPS) is 11.0. The first-order valence-corrected chi connectivity index (χ1v) is 7.86. The molecule has 0 atom stereocenters. The maximum absolute atomic E-state index is 9.96. The van der Waals surface area contributed by atoms with Crippen LogP contribution >= 0.6 is 11.3 Å². The molecule has 0 saturated heterocycles. The van der Waals surface area contributed by atoms with Gasteiger partial charge in [0.2, 0.25) is 4.96 Å². The van der Waals surface area contributed by atoms with E-state index in [4.69, 9.17) is 0 Å². The highest BCUT2D eigenvalue weighted by atomic mass is 32.1. The lowest BCUT2D eigenvalue weighted by Crippen LogP contribution is -1.96. The van der Waals surface area contributed by atoms with Crippen molar-refractivity contribution in [2.75, 3.05) is 12.4 Å². The molecular formula is C15H12N6O2S. The van der Waals surface area contributed by atoms with Crippen LogP contribution in [0, 0.1) is 0 Å². The summed E-state index contributed by atoms with van der Waals surface area (Å²) in [7, 11) is 1.83. The number of aromatic nitrogens is 5. The predicted molar refractivity (Wildman–Crippen MR) is 90.2 cm³/mol. The van der Waals surface area contributed by atoms with Crippen LogP contribution in [0.3, 0.4) is 0 Å². The Hall–Kier alpha value is -3.20. The first-order chi connectivity index (χ1) is 11.7. The van der Waals surface area contributed by atoms with Crippen molar-refractivity contribution in [3.8, 4) is 33.5 Å². The van der Waals surface area contributed by atoms with Crippen molar-refractivity contribution in [1.29, 1.82) is 0 Å². The largest absolute Gasteiger partial charge is 0.505 e. The van der Waals surface area contributed by atoms with Gasteiger partial charge >= 0.3 is 0 Å². The average molecular weight is 340 g/mol. The molecule has 0 fully saturated rings. The SMILES string of the molecule is CNc1ccccc1-c1nnc2sc(-c3c(O)cncc3O)nn12. The van der Waals surface area contributed by atoms with Crippen molar-refractivity contribution in [2.45, 2.75) is 0 Å². The van der Waals surface area contributed by atoms with Gasteiger partial charge in [0.1, 0.15) is 11.5 Å². The number of benzene rings is 1. The van der Waals surface area contributed by atoms with E-state index in [1.54, 1.807) is 4.52 Å². The molecular weight excluding hydrogens is 328 g/mol. The Labute approximate surface area is 140 Å². The number of aromatic hydroxyl groups is 2. The Bertz CT molecular complexity index is 1020. The van der Waals surface area contributed by atoms with E-state index >= 15 is 0 Å². The van der Waals surface area contributed by atoms with Gasteiger partial charge in [0.15, 0.2) is 10.8 Å². The molecule has 3 N–H and O–H groups in total. The Morgan fingerprint density at radius 2 is 1.83 bits per heavy atom. The van der Waals surface area contributed by atoms with Gasteiger partial charge in [-0.25, -0.2) is 0 Å². The van der Waals surface area contributed by atoms with E-state index in [-0.39, 0.29) is 17.1 Å². The van der Waals surface area contributed by atoms with Gasteiger partial charge in [-0.15, -0.1) is 10.2 Å². The second-order valence-corrected chi connectivity index (χ2v) is 5.93. The Morgan fingerprint density at radius 3 is 2.58 bits per heavy atom. The average Bonchev–Trinajstić information content (AvgIpc) is 3.15. The van der Waals surface area contributed by atoms with E-state index in [1.807, 2.05) is 31.3 Å². The summed E-state index contributed by atoms with van der Waals surface area (Å²) in [5, 5.41) is 36.3. The number of anilines is 1. The van der Waals surface area contributed by atoms with Gasteiger partial charge in [-0.3, -0.25) is 4.98 Å². The Balaban J connectivity index is 1.91. The van der Waals surface area contributed by atoms with Gasteiger partial charge in [-0.05, 0) is 12.1 Å². The van der Waals surface area contributed by atoms with Crippen molar-refractivity contribution >= 4 is 22.0 Å². The van der Waals surface area contributed by atoms with E-state index in [0.29, 0.717) is 15.8 Å². The van der Waals surface area contributed by atoms with Gasteiger partial charge in [0, 0.05) is 18.3 Å². The lowest BCUT2D eigenvalue weighted by atomic mass is 10.1. The summed E-state index contributed by atoms with van der Waals surface area (Å²) in [6.45, 7) is 0. The topological polar surface area (TPSA) is 108 Å². The minimum absolute atomic E-state index is 0.142. The maximum Gasteiger partial charge on any atom is 0.235 e. The smallest absolute Gasteiger partial charge is 0.235 e. The fraction of sp³-hybridized carbons (Fsp3) is 0.0667. The van der Waals surface area contributed by atoms with Crippen molar-refractivity contribution < 1.29 is 10.2 Å². The third-order valence-electron chi connectivity index (χ3n) is 3.55. The highest BCUT2D eigenvalue weighted by Gasteiger charge is 2.20. The number of rotatable bonds is 3. The standard InChI is InChI=1S/C15H12N6O2S/c1-16-9-5-3-2-4-8(9)13-18-19-15-21(13)20-14(24-15)12-10(22)6-17-7-11(12)23/h2-7,16,22-23H,1H3. The van der Waals surface area contributed by atoms with Crippen LogP contribution in [-0.2, 0) is 0 Å². The van der Waals surface area contributed by atoms with Crippen molar-refractivity contribution in [2.24, 2.45) is 0 Å². The van der Waals surface area contributed by atoms with Crippen LogP contribution in [0.1, 0.15) is 0 Å². The van der Waals surface area contributed by atoms with E-state index in [1.165, 1.54) is 23.7 Å². The number of hydrogen-bond acceptors (Lipinski definition) is 8. The molecule has 0 aliphatic carbocycles. The van der Waals surface area contributed by atoms with Gasteiger partial charge in [0.05, 0.1) is 18.0 Å². The Kier molecular flexibility index (Phi) is 3.28. The van der Waals surface area contributed by atoms with E-state index < -0.39 is 0 Å². The predicted octanol–water partition coefficient (Wildman–Crippen LogP) is 2.37. The number of nitrogens with one attached hydrogen (secondary N) is 1. The second-order valence-electron chi connectivity index (χ2n) is 4.97. The van der Waals surface area contributed by atoms with Gasteiger partial charge in [-0.2, -0.15) is 9.61 Å². The summed E-state index contributed by atoms with van der Waals surface area (Å²) >= 11 is 1.22. The van der Waals surface area contributed by atoms with Crippen molar-refractivity contribution in [1.82, 2.24) is 24.8 Å². The van der Waals surface area contributed by atoms with Gasteiger partial charge in [0.25, 0.3) is 0 Å². The monoisotopic (exact) mass is 340 g/mol. The van der Waals surface area contributed by atoms with Crippen molar-refractivity contribution in [3.05, 3.63) is 36.7 Å². The zero-order valence-electron chi connectivity index (χ0n) is 12.5. The van der Waals surface area contributed by atoms with E-state index in [2.05, 4.69) is 25.6 Å². The Morgan fingerprint density at radius 1 is 1.08 bits per heavy atom. The number of hydrogen-bond donors (Lipinski definition) is 3. The van der Waals surface area contributed by atoms with Crippen LogP contribution in [0.2, 0.25) is 0 Å². The highest BCUT2D eigenvalue weighted by molar-refractivity contribution is 7.19. The van der Waals surface area contributed by atoms with E-state index in [9.17, 15) is 10.2 Å². The molecule has 24 heavy (non-hydrogen) atoms. The molecule has 3 aromatic heterocycles. The van der Waals surface area contributed by atoms with Crippen LogP contribution in [-0.4, -0.2) is 42.1 Å². The molecule has 120 valence electrons. The number of pyridine rings is 1. The minimum atomic E-state index is -0.142. The first kappa shape index (κ1) is 14.4. The fourth-order valence-corrected chi connectivity index (χ4v) is 3.34. The first-order valence-electron chi connectivity index (χ1n) is 7.04. The molecule has 0 saturated carbocycles. The van der Waals surface area contributed by atoms with Crippen LogP contribution in [0.4, 0.5) is 5.69 Å². The van der Waals surface area contributed by atoms with E-state index in [0.717, 1.165) is 11.3 Å². The summed E-state index contributed by atoms with van der Waals surface area (Å²) in [5.41, 5.74) is 1.98. The van der Waals surface area contributed by atoms with Crippen LogP contribution in [0.15, 0.2) is 36.7 Å². The summed E-state index contributed by atoms with van der Waals surface area (Å²) in [6.07, 6.45) is 2.52. The highest BCUT2D eigenvalue weighted by Crippen LogP contribution is 2.39. The number of fused-ring (bicyclic) bond motifs is 1. The molecule has 0 aliphatic rings. The fourth-order valence-electron chi connectivity index (χ4n) is 2.44.